The van der Waals surface area contributed by atoms with Crippen LogP contribution in [0.2, 0.25) is 0 Å². The van der Waals surface area contributed by atoms with Crippen molar-refractivity contribution >= 4 is 45.8 Å². The van der Waals surface area contributed by atoms with Crippen LogP contribution in [0.1, 0.15) is 31.2 Å². The molecule has 2 atom stereocenters. The van der Waals surface area contributed by atoms with Gasteiger partial charge in [0.15, 0.2) is 0 Å². The van der Waals surface area contributed by atoms with Gasteiger partial charge in [0, 0.05) is 29.0 Å². The SMILES string of the molecule is Cc1ccc(Br)cc1NC(=O)CCNC(=O)[C@@H]1CCC[C@@H]1CN.Cl. The molecule has 134 valence electrons. The maximum atomic E-state index is 12.1. The summed E-state index contributed by atoms with van der Waals surface area (Å²) in [6.07, 6.45) is 3.24. The molecule has 0 spiro atoms. The lowest BCUT2D eigenvalue weighted by molar-refractivity contribution is -0.126. The summed E-state index contributed by atoms with van der Waals surface area (Å²) >= 11 is 3.39. The third-order valence-corrected chi connectivity index (χ3v) is 4.92. The lowest BCUT2D eigenvalue weighted by atomic mass is 9.95. The van der Waals surface area contributed by atoms with E-state index in [0.29, 0.717) is 13.1 Å². The van der Waals surface area contributed by atoms with Crippen molar-refractivity contribution in [2.45, 2.75) is 32.6 Å². The van der Waals surface area contributed by atoms with Crippen LogP contribution in [0.15, 0.2) is 22.7 Å². The van der Waals surface area contributed by atoms with E-state index in [2.05, 4.69) is 26.6 Å². The summed E-state index contributed by atoms with van der Waals surface area (Å²) in [5.41, 5.74) is 7.49. The van der Waals surface area contributed by atoms with E-state index in [1.54, 1.807) is 0 Å². The van der Waals surface area contributed by atoms with Gasteiger partial charge < -0.3 is 16.4 Å². The summed E-state index contributed by atoms with van der Waals surface area (Å²) in [7, 11) is 0. The second-order valence-corrected chi connectivity index (χ2v) is 7.00. The quantitative estimate of drug-likeness (QED) is 0.664. The molecule has 0 heterocycles. The van der Waals surface area contributed by atoms with Gasteiger partial charge in [-0.1, -0.05) is 28.4 Å². The molecule has 0 aromatic heterocycles. The van der Waals surface area contributed by atoms with Gasteiger partial charge in [-0.2, -0.15) is 0 Å². The van der Waals surface area contributed by atoms with Crippen LogP contribution in [0.3, 0.4) is 0 Å². The van der Waals surface area contributed by atoms with Crippen LogP contribution in [0.4, 0.5) is 5.69 Å². The number of carbonyl (C=O) groups is 2. The molecule has 7 heteroatoms. The predicted octanol–water partition coefficient (Wildman–Crippen LogP) is 3.00. The van der Waals surface area contributed by atoms with Crippen LogP contribution in [-0.4, -0.2) is 24.9 Å². The van der Waals surface area contributed by atoms with Gasteiger partial charge >= 0.3 is 0 Å². The molecule has 1 fully saturated rings. The van der Waals surface area contributed by atoms with Gasteiger partial charge in [0.2, 0.25) is 11.8 Å². The summed E-state index contributed by atoms with van der Waals surface area (Å²) < 4.78 is 0.917. The van der Waals surface area contributed by atoms with E-state index in [-0.39, 0.29) is 42.5 Å². The number of hydrogen-bond acceptors (Lipinski definition) is 3. The largest absolute Gasteiger partial charge is 0.355 e. The fourth-order valence-electron chi connectivity index (χ4n) is 3.04. The predicted molar refractivity (Wildman–Crippen MR) is 102 cm³/mol. The molecule has 1 aromatic carbocycles. The van der Waals surface area contributed by atoms with Gasteiger partial charge in [-0.05, 0) is 49.9 Å². The average molecular weight is 419 g/mol. The Balaban J connectivity index is 0.00000288. The Morgan fingerprint density at radius 2 is 2.08 bits per heavy atom. The van der Waals surface area contributed by atoms with E-state index in [1.165, 1.54) is 0 Å². The maximum Gasteiger partial charge on any atom is 0.226 e. The minimum absolute atomic E-state index is 0. The maximum absolute atomic E-state index is 12.1. The van der Waals surface area contributed by atoms with Crippen molar-refractivity contribution in [2.75, 3.05) is 18.4 Å². The fraction of sp³-hybridized carbons (Fsp3) is 0.529. The molecule has 1 aliphatic carbocycles. The van der Waals surface area contributed by atoms with Crippen LogP contribution in [0.5, 0.6) is 0 Å². The zero-order chi connectivity index (χ0) is 16.8. The van der Waals surface area contributed by atoms with E-state index in [4.69, 9.17) is 5.73 Å². The van der Waals surface area contributed by atoms with Crippen LogP contribution >= 0.6 is 28.3 Å². The number of nitrogens with two attached hydrogens (primary N) is 1. The van der Waals surface area contributed by atoms with E-state index < -0.39 is 0 Å². The van der Waals surface area contributed by atoms with Crippen molar-refractivity contribution in [1.82, 2.24) is 5.32 Å². The molecule has 5 nitrogen and oxygen atoms in total. The molecule has 0 aliphatic heterocycles. The normalized spacial score (nSPS) is 19.5. The Kier molecular flexibility index (Phi) is 8.73. The van der Waals surface area contributed by atoms with Gasteiger partial charge in [-0.25, -0.2) is 0 Å². The average Bonchev–Trinajstić information content (AvgIpc) is 2.99. The second-order valence-electron chi connectivity index (χ2n) is 6.08. The number of carbonyl (C=O) groups excluding carboxylic acids is 2. The van der Waals surface area contributed by atoms with Crippen molar-refractivity contribution in [3.05, 3.63) is 28.2 Å². The fourth-order valence-corrected chi connectivity index (χ4v) is 3.40. The molecular formula is C17H25BrClN3O2. The summed E-state index contributed by atoms with van der Waals surface area (Å²) in [5.74, 6) is 0.223. The van der Waals surface area contributed by atoms with Crippen LogP contribution < -0.4 is 16.4 Å². The molecule has 2 amide bonds. The molecule has 2 rings (SSSR count). The van der Waals surface area contributed by atoms with Gasteiger partial charge in [0.1, 0.15) is 0 Å². The highest BCUT2D eigenvalue weighted by molar-refractivity contribution is 9.10. The Labute approximate surface area is 157 Å². The van der Waals surface area contributed by atoms with E-state index in [1.807, 2.05) is 25.1 Å². The standard InChI is InChI=1S/C17H24BrN3O2.ClH/c1-11-5-6-13(18)9-15(11)21-16(22)7-8-20-17(23)14-4-2-3-12(14)10-19;/h5-6,9,12,14H,2-4,7-8,10,19H2,1H3,(H,20,23)(H,21,22);1H/t12-,14-;/m1./s1. The zero-order valence-electron chi connectivity index (χ0n) is 13.8. The number of anilines is 1. The Morgan fingerprint density at radius 1 is 1.33 bits per heavy atom. The summed E-state index contributed by atoms with van der Waals surface area (Å²) in [4.78, 5) is 24.2. The van der Waals surface area contributed by atoms with Gasteiger partial charge in [0.25, 0.3) is 0 Å². The molecule has 4 N–H and O–H groups in total. The van der Waals surface area contributed by atoms with E-state index in [9.17, 15) is 9.59 Å². The molecule has 0 bridgehead atoms. The Hall–Kier alpha value is -1.11. The highest BCUT2D eigenvalue weighted by Gasteiger charge is 2.31. The Morgan fingerprint density at radius 3 is 2.79 bits per heavy atom. The lowest BCUT2D eigenvalue weighted by Gasteiger charge is -2.17. The molecule has 0 saturated heterocycles. The van der Waals surface area contributed by atoms with Crippen LogP contribution in [-0.2, 0) is 9.59 Å². The number of hydrogen-bond donors (Lipinski definition) is 3. The van der Waals surface area contributed by atoms with Crippen molar-refractivity contribution in [1.29, 1.82) is 0 Å². The molecule has 1 aliphatic rings. The number of aryl methyl sites for hydroxylation is 1. The van der Waals surface area contributed by atoms with E-state index >= 15 is 0 Å². The first-order valence-corrected chi connectivity index (χ1v) is 8.84. The number of benzene rings is 1. The topological polar surface area (TPSA) is 84.2 Å². The van der Waals surface area contributed by atoms with Gasteiger partial charge in [-0.15, -0.1) is 12.4 Å². The van der Waals surface area contributed by atoms with Crippen molar-refractivity contribution in [3.63, 3.8) is 0 Å². The number of halogens is 2. The highest BCUT2D eigenvalue weighted by atomic mass is 79.9. The first kappa shape index (κ1) is 20.9. The minimum atomic E-state index is -0.103. The summed E-state index contributed by atoms with van der Waals surface area (Å²) in [5, 5.41) is 5.74. The molecule has 0 radical (unpaired) electrons. The number of rotatable bonds is 6. The number of amides is 2. The third kappa shape index (κ3) is 5.76. The van der Waals surface area contributed by atoms with Gasteiger partial charge in [-0.3, -0.25) is 9.59 Å². The molecule has 24 heavy (non-hydrogen) atoms. The molecule has 1 aromatic rings. The van der Waals surface area contributed by atoms with Crippen LogP contribution in [0.25, 0.3) is 0 Å². The van der Waals surface area contributed by atoms with Crippen molar-refractivity contribution < 1.29 is 9.59 Å². The molecule has 0 unspecified atom stereocenters. The zero-order valence-corrected chi connectivity index (χ0v) is 16.2. The molecule has 1 saturated carbocycles. The third-order valence-electron chi connectivity index (χ3n) is 4.42. The molecular weight excluding hydrogens is 394 g/mol. The second kappa shape index (κ2) is 10.0. The first-order chi connectivity index (χ1) is 11.0. The summed E-state index contributed by atoms with van der Waals surface area (Å²) in [6.45, 7) is 2.85. The van der Waals surface area contributed by atoms with Crippen molar-refractivity contribution in [3.8, 4) is 0 Å². The van der Waals surface area contributed by atoms with Crippen molar-refractivity contribution in [2.24, 2.45) is 17.6 Å². The summed E-state index contributed by atoms with van der Waals surface area (Å²) in [6, 6.07) is 5.74. The minimum Gasteiger partial charge on any atom is -0.355 e. The van der Waals surface area contributed by atoms with Gasteiger partial charge in [0.05, 0.1) is 0 Å². The highest BCUT2D eigenvalue weighted by Crippen LogP contribution is 2.30. The lowest BCUT2D eigenvalue weighted by Crippen LogP contribution is -2.36. The monoisotopic (exact) mass is 417 g/mol. The van der Waals surface area contributed by atoms with E-state index in [0.717, 1.165) is 35.0 Å². The Bertz CT molecular complexity index is 583. The number of nitrogens with one attached hydrogen (secondary N) is 2. The smallest absolute Gasteiger partial charge is 0.226 e. The van der Waals surface area contributed by atoms with Crippen LogP contribution in [0, 0.1) is 18.8 Å². The first-order valence-electron chi connectivity index (χ1n) is 8.05.